The van der Waals surface area contributed by atoms with Crippen molar-refractivity contribution in [2.24, 2.45) is 0 Å². The molecule has 0 radical (unpaired) electrons. The lowest BCUT2D eigenvalue weighted by Gasteiger charge is -2.14. The average Bonchev–Trinajstić information content (AvgIpc) is 3.12. The highest BCUT2D eigenvalue weighted by atomic mass is 35.5. The minimum Gasteiger partial charge on any atom is -0.387 e. The molecule has 0 spiro atoms. The summed E-state index contributed by atoms with van der Waals surface area (Å²) >= 11 is 6.14. The molecule has 1 unspecified atom stereocenters. The van der Waals surface area contributed by atoms with E-state index in [9.17, 15) is 5.11 Å². The molecule has 1 atom stereocenters. The maximum Gasteiger partial charge on any atom is 0.168 e. The molecular formula is C19H16ClN5O. The maximum atomic E-state index is 10.4. The number of aliphatic hydroxyl groups excluding tert-OH is 1. The quantitative estimate of drug-likeness (QED) is 0.565. The first-order valence-corrected chi connectivity index (χ1v) is 8.52. The van der Waals surface area contributed by atoms with E-state index in [-0.39, 0.29) is 6.54 Å². The zero-order valence-electron chi connectivity index (χ0n) is 13.7. The van der Waals surface area contributed by atoms with Crippen LogP contribution in [0.2, 0.25) is 5.02 Å². The summed E-state index contributed by atoms with van der Waals surface area (Å²) in [4.78, 5) is 8.63. The third-order valence-corrected chi connectivity index (χ3v) is 4.44. The molecule has 26 heavy (non-hydrogen) atoms. The van der Waals surface area contributed by atoms with Crippen LogP contribution >= 0.6 is 11.6 Å². The van der Waals surface area contributed by atoms with Crippen molar-refractivity contribution in [1.29, 1.82) is 0 Å². The highest BCUT2D eigenvalue weighted by molar-refractivity contribution is 6.31. The van der Waals surface area contributed by atoms with Crippen LogP contribution in [-0.2, 0) is 0 Å². The first-order chi connectivity index (χ1) is 12.7. The third-order valence-electron chi connectivity index (χ3n) is 4.09. The van der Waals surface area contributed by atoms with E-state index in [0.717, 1.165) is 11.1 Å². The summed E-state index contributed by atoms with van der Waals surface area (Å²) in [5, 5.41) is 19.3. The van der Waals surface area contributed by atoms with Gasteiger partial charge in [-0.25, -0.2) is 14.6 Å². The van der Waals surface area contributed by atoms with Gasteiger partial charge in [0.15, 0.2) is 5.65 Å². The van der Waals surface area contributed by atoms with Gasteiger partial charge in [0.05, 0.1) is 23.4 Å². The largest absolute Gasteiger partial charge is 0.387 e. The van der Waals surface area contributed by atoms with Crippen molar-refractivity contribution in [1.82, 2.24) is 19.7 Å². The smallest absolute Gasteiger partial charge is 0.168 e. The van der Waals surface area contributed by atoms with Gasteiger partial charge >= 0.3 is 0 Å². The van der Waals surface area contributed by atoms with E-state index in [4.69, 9.17) is 11.6 Å². The molecule has 4 aromatic rings. The van der Waals surface area contributed by atoms with Crippen molar-refractivity contribution in [3.8, 4) is 5.69 Å². The molecule has 0 saturated carbocycles. The Morgan fingerprint density at radius 3 is 2.62 bits per heavy atom. The van der Waals surface area contributed by atoms with E-state index < -0.39 is 6.10 Å². The molecule has 6 nitrogen and oxygen atoms in total. The number of anilines is 1. The molecular weight excluding hydrogens is 350 g/mol. The van der Waals surface area contributed by atoms with Crippen LogP contribution in [0.15, 0.2) is 67.1 Å². The lowest BCUT2D eigenvalue weighted by molar-refractivity contribution is 0.191. The fourth-order valence-electron chi connectivity index (χ4n) is 2.79. The van der Waals surface area contributed by atoms with Crippen molar-refractivity contribution >= 4 is 28.5 Å². The molecule has 2 heterocycles. The topological polar surface area (TPSA) is 75.9 Å². The summed E-state index contributed by atoms with van der Waals surface area (Å²) in [6, 6.07) is 17.0. The number of nitrogens with zero attached hydrogens (tertiary/aromatic N) is 4. The minimum atomic E-state index is -0.752. The van der Waals surface area contributed by atoms with E-state index in [1.54, 1.807) is 23.0 Å². The number of fused-ring (bicyclic) bond motifs is 1. The summed E-state index contributed by atoms with van der Waals surface area (Å²) < 4.78 is 1.76. The summed E-state index contributed by atoms with van der Waals surface area (Å²) in [5.41, 5.74) is 2.29. The number of halogens is 1. The number of aromatic nitrogens is 4. The van der Waals surface area contributed by atoms with Crippen LogP contribution in [0.1, 0.15) is 11.7 Å². The molecule has 7 heteroatoms. The second-order valence-electron chi connectivity index (χ2n) is 5.77. The van der Waals surface area contributed by atoms with Crippen LogP contribution in [-0.4, -0.2) is 31.4 Å². The molecule has 0 bridgehead atoms. The van der Waals surface area contributed by atoms with E-state index in [1.807, 2.05) is 42.5 Å². The summed E-state index contributed by atoms with van der Waals surface area (Å²) in [5.74, 6) is 0.614. The van der Waals surface area contributed by atoms with Crippen LogP contribution in [0.5, 0.6) is 0 Å². The van der Waals surface area contributed by atoms with E-state index in [0.29, 0.717) is 22.1 Å². The summed E-state index contributed by atoms with van der Waals surface area (Å²) in [6.45, 7) is 0.270. The first-order valence-electron chi connectivity index (χ1n) is 8.14. The van der Waals surface area contributed by atoms with Crippen molar-refractivity contribution in [2.45, 2.75) is 6.10 Å². The molecule has 0 saturated heterocycles. The third kappa shape index (κ3) is 3.12. The van der Waals surface area contributed by atoms with Gasteiger partial charge in [-0.15, -0.1) is 0 Å². The highest BCUT2D eigenvalue weighted by Gasteiger charge is 2.14. The van der Waals surface area contributed by atoms with Gasteiger partial charge < -0.3 is 10.4 Å². The molecule has 0 amide bonds. The normalized spacial score (nSPS) is 12.2. The van der Waals surface area contributed by atoms with Crippen molar-refractivity contribution < 1.29 is 5.11 Å². The number of nitrogens with one attached hydrogen (secondary N) is 1. The van der Waals surface area contributed by atoms with E-state index >= 15 is 0 Å². The van der Waals surface area contributed by atoms with Crippen LogP contribution in [0.25, 0.3) is 16.7 Å². The standard InChI is InChI=1S/C19H16ClN5O/c20-16-9-5-4-8-14(16)17(26)11-21-18-15-10-24-25(19(15)23-12-22-18)13-6-2-1-3-7-13/h1-10,12,17,26H,11H2,(H,21,22,23). The fourth-order valence-corrected chi connectivity index (χ4v) is 3.05. The van der Waals surface area contributed by atoms with Crippen LogP contribution in [0.4, 0.5) is 5.82 Å². The molecule has 2 N–H and O–H groups in total. The number of hydrogen-bond acceptors (Lipinski definition) is 5. The highest BCUT2D eigenvalue weighted by Crippen LogP contribution is 2.25. The van der Waals surface area contributed by atoms with Gasteiger partial charge in [0.25, 0.3) is 0 Å². The molecule has 0 aliphatic rings. The van der Waals surface area contributed by atoms with Crippen molar-refractivity contribution in [3.05, 3.63) is 77.7 Å². The van der Waals surface area contributed by atoms with Gasteiger partial charge in [0.1, 0.15) is 12.1 Å². The second-order valence-corrected chi connectivity index (χ2v) is 6.18. The van der Waals surface area contributed by atoms with Gasteiger partial charge in [-0.2, -0.15) is 5.10 Å². The Morgan fingerprint density at radius 2 is 1.81 bits per heavy atom. The Bertz CT molecular complexity index is 1030. The van der Waals surface area contributed by atoms with Crippen LogP contribution in [0, 0.1) is 0 Å². The predicted octanol–water partition coefficient (Wildman–Crippen LogP) is 3.61. The molecule has 0 aliphatic heterocycles. The van der Waals surface area contributed by atoms with E-state index in [1.165, 1.54) is 6.33 Å². The monoisotopic (exact) mass is 365 g/mol. The van der Waals surface area contributed by atoms with Crippen molar-refractivity contribution in [3.63, 3.8) is 0 Å². The number of benzene rings is 2. The molecule has 4 rings (SSSR count). The molecule has 130 valence electrons. The number of para-hydroxylation sites is 1. The van der Waals surface area contributed by atoms with Gasteiger partial charge in [-0.3, -0.25) is 0 Å². The van der Waals surface area contributed by atoms with Gasteiger partial charge in [0, 0.05) is 17.1 Å². The summed E-state index contributed by atoms with van der Waals surface area (Å²) in [6.07, 6.45) is 2.44. The SMILES string of the molecule is OC(CNc1ncnc2c1cnn2-c1ccccc1)c1ccccc1Cl. The van der Waals surface area contributed by atoms with E-state index in [2.05, 4.69) is 20.4 Å². The Balaban J connectivity index is 1.60. The van der Waals surface area contributed by atoms with Gasteiger partial charge in [-0.1, -0.05) is 48.0 Å². The van der Waals surface area contributed by atoms with Gasteiger partial charge in [0.2, 0.25) is 0 Å². The Labute approximate surface area is 155 Å². The average molecular weight is 366 g/mol. The minimum absolute atomic E-state index is 0.270. The number of aliphatic hydroxyl groups is 1. The second kappa shape index (κ2) is 7.11. The number of hydrogen-bond donors (Lipinski definition) is 2. The maximum absolute atomic E-state index is 10.4. The van der Waals surface area contributed by atoms with Gasteiger partial charge in [-0.05, 0) is 18.2 Å². The fraction of sp³-hybridized carbons (Fsp3) is 0.105. The number of rotatable bonds is 5. The molecule has 0 fully saturated rings. The molecule has 0 aliphatic carbocycles. The molecule has 2 aromatic carbocycles. The Hall–Kier alpha value is -2.96. The Kier molecular flexibility index (Phi) is 4.51. The van der Waals surface area contributed by atoms with Crippen LogP contribution in [0.3, 0.4) is 0 Å². The summed E-state index contributed by atoms with van der Waals surface area (Å²) in [7, 11) is 0. The van der Waals surface area contributed by atoms with Crippen molar-refractivity contribution in [2.75, 3.05) is 11.9 Å². The zero-order valence-corrected chi connectivity index (χ0v) is 14.5. The lowest BCUT2D eigenvalue weighted by Crippen LogP contribution is -2.13. The zero-order chi connectivity index (χ0) is 17.9. The predicted molar refractivity (Wildman–Crippen MR) is 102 cm³/mol. The van der Waals surface area contributed by atoms with Crippen LogP contribution < -0.4 is 5.32 Å². The molecule has 2 aromatic heterocycles. The lowest BCUT2D eigenvalue weighted by atomic mass is 10.1. The first kappa shape index (κ1) is 16.5. The Morgan fingerprint density at radius 1 is 1.04 bits per heavy atom.